The molecule has 0 spiro atoms. The number of thioether (sulfide) groups is 1. The monoisotopic (exact) mass is 392 g/mol. The van der Waals surface area contributed by atoms with Crippen LogP contribution >= 0.6 is 11.8 Å². The molecule has 0 saturated carbocycles. The van der Waals surface area contributed by atoms with Crippen molar-refractivity contribution in [3.05, 3.63) is 78.0 Å². The van der Waals surface area contributed by atoms with Gasteiger partial charge in [0.25, 0.3) is 5.91 Å². The highest BCUT2D eigenvalue weighted by atomic mass is 32.2. The summed E-state index contributed by atoms with van der Waals surface area (Å²) < 4.78 is 0. The lowest BCUT2D eigenvalue weighted by Gasteiger charge is -2.22. The fourth-order valence-electron chi connectivity index (χ4n) is 2.96. The highest BCUT2D eigenvalue weighted by molar-refractivity contribution is 7.98. The van der Waals surface area contributed by atoms with Gasteiger partial charge < -0.3 is 5.32 Å². The molecule has 3 rings (SSSR count). The van der Waals surface area contributed by atoms with Gasteiger partial charge >= 0.3 is 0 Å². The summed E-state index contributed by atoms with van der Waals surface area (Å²) in [5, 5.41) is 3.31. The number of hydrogen-bond donors (Lipinski definition) is 1. The third kappa shape index (κ3) is 4.51. The molecule has 144 valence electrons. The Morgan fingerprint density at radius 3 is 2.54 bits per heavy atom. The molecular weight excluding hydrogens is 368 g/mol. The molecule has 5 nitrogen and oxygen atoms in total. The van der Waals surface area contributed by atoms with Crippen LogP contribution in [0.2, 0.25) is 0 Å². The second-order valence-corrected chi connectivity index (χ2v) is 7.11. The smallest absolute Gasteiger partial charge is 0.260 e. The summed E-state index contributed by atoms with van der Waals surface area (Å²) in [6.07, 6.45) is 3.65. The van der Waals surface area contributed by atoms with Crippen molar-refractivity contribution in [3.63, 3.8) is 0 Å². The lowest BCUT2D eigenvalue weighted by molar-refractivity contribution is 0.0985. The molecule has 0 aliphatic rings. The second kappa shape index (κ2) is 9.37. The van der Waals surface area contributed by atoms with Crippen molar-refractivity contribution in [1.82, 2.24) is 9.97 Å². The number of carbonyl (C=O) groups is 1. The first-order chi connectivity index (χ1) is 13.6. The lowest BCUT2D eigenvalue weighted by atomic mass is 10.1. The Morgan fingerprint density at radius 1 is 1.11 bits per heavy atom. The fraction of sp³-hybridized carbons (Fsp3) is 0.227. The Hall–Kier alpha value is -2.86. The Kier molecular flexibility index (Phi) is 6.66. The van der Waals surface area contributed by atoms with Gasteiger partial charge in [0, 0.05) is 17.6 Å². The Morgan fingerprint density at radius 2 is 1.82 bits per heavy atom. The normalized spacial score (nSPS) is 11.7. The summed E-state index contributed by atoms with van der Waals surface area (Å²) in [5.41, 5.74) is 1.83. The second-order valence-electron chi connectivity index (χ2n) is 6.26. The SMILES string of the molecule is CCN(C(=O)c1ccccc1SC)c1ccnc(N[C@H](C)c2ccccc2)n1. The van der Waals surface area contributed by atoms with Crippen LogP contribution in [-0.4, -0.2) is 28.7 Å². The van der Waals surface area contributed by atoms with Crippen molar-refractivity contribution in [2.24, 2.45) is 0 Å². The minimum absolute atomic E-state index is 0.0550. The van der Waals surface area contributed by atoms with E-state index in [4.69, 9.17) is 0 Å². The number of rotatable bonds is 7. The first kappa shape index (κ1) is 19.9. The molecule has 2 aromatic carbocycles. The summed E-state index contributed by atoms with van der Waals surface area (Å²) in [6.45, 7) is 4.52. The van der Waals surface area contributed by atoms with E-state index >= 15 is 0 Å². The molecule has 1 N–H and O–H groups in total. The number of anilines is 2. The maximum absolute atomic E-state index is 13.1. The van der Waals surface area contributed by atoms with Crippen LogP contribution in [-0.2, 0) is 0 Å². The Labute approximate surface area is 170 Å². The van der Waals surface area contributed by atoms with Gasteiger partial charge in [0.1, 0.15) is 5.82 Å². The molecule has 0 unspecified atom stereocenters. The largest absolute Gasteiger partial charge is 0.348 e. The molecule has 28 heavy (non-hydrogen) atoms. The first-order valence-electron chi connectivity index (χ1n) is 9.23. The molecule has 1 atom stereocenters. The number of hydrogen-bond acceptors (Lipinski definition) is 5. The summed E-state index contributed by atoms with van der Waals surface area (Å²) in [5.74, 6) is 1.02. The van der Waals surface area contributed by atoms with Crippen LogP contribution in [0.3, 0.4) is 0 Å². The summed E-state index contributed by atoms with van der Waals surface area (Å²) in [7, 11) is 0. The molecule has 3 aromatic rings. The first-order valence-corrected chi connectivity index (χ1v) is 10.5. The summed E-state index contributed by atoms with van der Waals surface area (Å²) in [4.78, 5) is 24.7. The third-order valence-corrected chi connectivity index (χ3v) is 5.26. The van der Waals surface area contributed by atoms with Gasteiger partial charge in [0.05, 0.1) is 11.6 Å². The quantitative estimate of drug-likeness (QED) is 0.571. The van der Waals surface area contributed by atoms with Crippen LogP contribution in [0.25, 0.3) is 0 Å². The average molecular weight is 393 g/mol. The van der Waals surface area contributed by atoms with Crippen molar-refractivity contribution in [2.45, 2.75) is 24.8 Å². The minimum atomic E-state index is -0.0618. The van der Waals surface area contributed by atoms with Gasteiger partial charge in [-0.1, -0.05) is 42.5 Å². The van der Waals surface area contributed by atoms with Gasteiger partial charge in [-0.25, -0.2) is 4.98 Å². The predicted molar refractivity (Wildman–Crippen MR) is 116 cm³/mol. The highest BCUT2D eigenvalue weighted by Crippen LogP contribution is 2.24. The molecular formula is C22H24N4OS. The molecule has 1 heterocycles. The molecule has 0 bridgehead atoms. The van der Waals surface area contributed by atoms with Crippen LogP contribution in [0, 0.1) is 0 Å². The zero-order valence-corrected chi connectivity index (χ0v) is 17.1. The van der Waals surface area contributed by atoms with Crippen LogP contribution in [0.1, 0.15) is 35.8 Å². The van der Waals surface area contributed by atoms with Crippen LogP contribution < -0.4 is 10.2 Å². The molecule has 1 aromatic heterocycles. The van der Waals surface area contributed by atoms with Crippen LogP contribution in [0.4, 0.5) is 11.8 Å². The van der Waals surface area contributed by atoms with E-state index in [1.165, 1.54) is 0 Å². The average Bonchev–Trinajstić information content (AvgIpc) is 2.75. The number of nitrogens with zero attached hydrogens (tertiary/aromatic N) is 3. The van der Waals surface area contributed by atoms with E-state index in [-0.39, 0.29) is 11.9 Å². The van der Waals surface area contributed by atoms with E-state index < -0.39 is 0 Å². The summed E-state index contributed by atoms with van der Waals surface area (Å²) in [6, 6.07) is 19.6. The van der Waals surface area contributed by atoms with Crippen molar-refractivity contribution in [1.29, 1.82) is 0 Å². The van der Waals surface area contributed by atoms with Crippen molar-refractivity contribution >= 4 is 29.4 Å². The van der Waals surface area contributed by atoms with E-state index in [1.54, 1.807) is 28.9 Å². The zero-order valence-electron chi connectivity index (χ0n) is 16.3. The lowest BCUT2D eigenvalue weighted by Crippen LogP contribution is -2.32. The van der Waals surface area contributed by atoms with Gasteiger partial charge in [0.2, 0.25) is 5.95 Å². The van der Waals surface area contributed by atoms with Gasteiger partial charge in [0.15, 0.2) is 0 Å². The number of aromatic nitrogens is 2. The predicted octanol–water partition coefficient (Wildman–Crippen LogP) is 5.04. The number of amides is 1. The third-order valence-electron chi connectivity index (χ3n) is 4.46. The maximum atomic E-state index is 13.1. The molecule has 0 aliphatic heterocycles. The molecule has 1 amide bonds. The molecule has 0 aliphatic carbocycles. The fourth-order valence-corrected chi connectivity index (χ4v) is 3.55. The maximum Gasteiger partial charge on any atom is 0.260 e. The van der Waals surface area contributed by atoms with E-state index in [0.717, 1.165) is 10.5 Å². The molecule has 0 saturated heterocycles. The minimum Gasteiger partial charge on any atom is -0.348 e. The van der Waals surface area contributed by atoms with E-state index in [0.29, 0.717) is 23.9 Å². The highest BCUT2D eigenvalue weighted by Gasteiger charge is 2.20. The molecule has 0 radical (unpaired) electrons. The molecule has 0 fully saturated rings. The van der Waals surface area contributed by atoms with Gasteiger partial charge in [-0.2, -0.15) is 4.98 Å². The summed E-state index contributed by atoms with van der Waals surface area (Å²) >= 11 is 1.56. The van der Waals surface area contributed by atoms with Crippen LogP contribution in [0.5, 0.6) is 0 Å². The van der Waals surface area contributed by atoms with Gasteiger partial charge in [-0.05, 0) is 43.9 Å². The number of nitrogens with one attached hydrogen (secondary N) is 1. The van der Waals surface area contributed by atoms with Crippen molar-refractivity contribution in [3.8, 4) is 0 Å². The topological polar surface area (TPSA) is 58.1 Å². The van der Waals surface area contributed by atoms with E-state index in [9.17, 15) is 4.79 Å². The van der Waals surface area contributed by atoms with E-state index in [2.05, 4.69) is 34.3 Å². The Bertz CT molecular complexity index is 933. The van der Waals surface area contributed by atoms with Crippen molar-refractivity contribution < 1.29 is 4.79 Å². The Balaban J connectivity index is 1.84. The zero-order chi connectivity index (χ0) is 19.9. The van der Waals surface area contributed by atoms with Crippen molar-refractivity contribution in [2.75, 3.05) is 23.0 Å². The molecule has 6 heteroatoms. The van der Waals surface area contributed by atoms with E-state index in [1.807, 2.05) is 55.6 Å². The van der Waals surface area contributed by atoms with Crippen LogP contribution in [0.15, 0.2) is 71.8 Å². The van der Waals surface area contributed by atoms with Gasteiger partial charge in [-0.15, -0.1) is 11.8 Å². The number of carbonyl (C=O) groups excluding carboxylic acids is 1. The van der Waals surface area contributed by atoms with Gasteiger partial charge in [-0.3, -0.25) is 9.69 Å². The number of benzene rings is 2. The standard InChI is InChI=1S/C22H24N4OS/c1-4-26(21(27)18-12-8-9-13-19(18)28-3)20-14-15-23-22(25-20)24-16(2)17-10-6-5-7-11-17/h5-16H,4H2,1-3H3,(H,23,24,25)/t16-/m1/s1.